The topological polar surface area (TPSA) is 66.4 Å². The van der Waals surface area contributed by atoms with E-state index in [-0.39, 0.29) is 6.10 Å². The van der Waals surface area contributed by atoms with Crippen molar-refractivity contribution in [1.82, 2.24) is 0 Å². The summed E-state index contributed by atoms with van der Waals surface area (Å²) in [5, 5.41) is 10.3. The number of ether oxygens (including phenoxy) is 5. The second kappa shape index (κ2) is 3.88. The SMILES string of the molecule is CC1(C)OCC([C@H]2O[C@@H]3OC(C)(C)O[C@@H]3C2O)O1. The molecule has 2 unspecified atom stereocenters. The van der Waals surface area contributed by atoms with Crippen LogP contribution in [0.4, 0.5) is 0 Å². The molecular formula is C12H20O6. The lowest BCUT2D eigenvalue weighted by Gasteiger charge is -2.26. The molecule has 3 heterocycles. The van der Waals surface area contributed by atoms with Crippen LogP contribution in [0.25, 0.3) is 0 Å². The molecule has 3 fully saturated rings. The Labute approximate surface area is 106 Å². The van der Waals surface area contributed by atoms with Crippen molar-refractivity contribution in [3.63, 3.8) is 0 Å². The highest BCUT2D eigenvalue weighted by molar-refractivity contribution is 4.97. The third-order valence-corrected chi connectivity index (χ3v) is 3.45. The summed E-state index contributed by atoms with van der Waals surface area (Å²) in [5.74, 6) is -1.35. The van der Waals surface area contributed by atoms with Gasteiger partial charge in [0.05, 0.1) is 6.61 Å². The van der Waals surface area contributed by atoms with Crippen molar-refractivity contribution in [1.29, 1.82) is 0 Å². The lowest BCUT2D eigenvalue weighted by Crippen LogP contribution is -2.42. The molecule has 1 N–H and O–H groups in total. The molecule has 0 saturated carbocycles. The summed E-state index contributed by atoms with van der Waals surface area (Å²) in [6.45, 7) is 7.68. The first kappa shape index (κ1) is 12.8. The molecule has 0 aromatic carbocycles. The highest BCUT2D eigenvalue weighted by Gasteiger charge is 2.57. The van der Waals surface area contributed by atoms with E-state index in [0.29, 0.717) is 6.61 Å². The van der Waals surface area contributed by atoms with E-state index in [1.165, 1.54) is 0 Å². The van der Waals surface area contributed by atoms with Gasteiger partial charge in [-0.2, -0.15) is 0 Å². The minimum atomic E-state index is -0.765. The fraction of sp³-hybridized carbons (Fsp3) is 1.00. The van der Waals surface area contributed by atoms with Crippen LogP contribution in [-0.4, -0.2) is 54.0 Å². The molecule has 18 heavy (non-hydrogen) atoms. The Morgan fingerprint density at radius 3 is 2.22 bits per heavy atom. The van der Waals surface area contributed by atoms with E-state index in [9.17, 15) is 5.11 Å². The lowest BCUT2D eigenvalue weighted by molar-refractivity contribution is -0.232. The fourth-order valence-corrected chi connectivity index (χ4v) is 2.70. The Kier molecular flexibility index (Phi) is 2.75. The highest BCUT2D eigenvalue weighted by atomic mass is 16.8. The van der Waals surface area contributed by atoms with Gasteiger partial charge >= 0.3 is 0 Å². The van der Waals surface area contributed by atoms with Crippen LogP contribution in [-0.2, 0) is 23.7 Å². The van der Waals surface area contributed by atoms with E-state index in [4.69, 9.17) is 23.7 Å². The van der Waals surface area contributed by atoms with Gasteiger partial charge in [0.15, 0.2) is 17.9 Å². The average Bonchev–Trinajstić information content (AvgIpc) is 2.81. The maximum atomic E-state index is 10.3. The number of aliphatic hydroxyl groups is 1. The third-order valence-electron chi connectivity index (χ3n) is 3.45. The van der Waals surface area contributed by atoms with Crippen molar-refractivity contribution in [3.05, 3.63) is 0 Å². The summed E-state index contributed by atoms with van der Waals surface area (Å²) >= 11 is 0. The summed E-state index contributed by atoms with van der Waals surface area (Å²) < 4.78 is 28.1. The maximum Gasteiger partial charge on any atom is 0.190 e. The molecule has 5 atom stereocenters. The first-order chi connectivity index (χ1) is 8.27. The molecule has 0 aromatic heterocycles. The zero-order valence-electron chi connectivity index (χ0n) is 11.1. The van der Waals surface area contributed by atoms with Gasteiger partial charge in [-0.05, 0) is 27.7 Å². The number of aliphatic hydroxyl groups excluding tert-OH is 1. The molecule has 104 valence electrons. The molecule has 0 amide bonds. The van der Waals surface area contributed by atoms with Crippen LogP contribution in [0.1, 0.15) is 27.7 Å². The number of hydrogen-bond donors (Lipinski definition) is 1. The Hall–Kier alpha value is -0.240. The minimum Gasteiger partial charge on any atom is -0.387 e. The standard InChI is InChI=1S/C12H20O6/c1-11(2)14-5-6(16-11)8-7(13)9-10(15-8)18-12(3,4)17-9/h6-10,13H,5H2,1-4H3/t6?,7?,8-,9-,10-/m1/s1. The first-order valence-corrected chi connectivity index (χ1v) is 6.28. The smallest absolute Gasteiger partial charge is 0.190 e. The molecule has 6 heteroatoms. The van der Waals surface area contributed by atoms with Gasteiger partial charge in [0, 0.05) is 0 Å². The van der Waals surface area contributed by atoms with Gasteiger partial charge in [0.1, 0.15) is 24.4 Å². The minimum absolute atomic E-state index is 0.295. The van der Waals surface area contributed by atoms with Crippen LogP contribution >= 0.6 is 0 Å². The van der Waals surface area contributed by atoms with Crippen LogP contribution in [0.5, 0.6) is 0 Å². The van der Waals surface area contributed by atoms with Gasteiger partial charge in [-0.3, -0.25) is 0 Å². The van der Waals surface area contributed by atoms with E-state index >= 15 is 0 Å². The van der Waals surface area contributed by atoms with Gasteiger partial charge < -0.3 is 28.8 Å². The zero-order valence-corrected chi connectivity index (χ0v) is 11.1. The summed E-state index contributed by atoms with van der Waals surface area (Å²) in [5.41, 5.74) is 0. The number of hydrogen-bond acceptors (Lipinski definition) is 6. The molecule has 0 aliphatic carbocycles. The summed E-state index contributed by atoms with van der Waals surface area (Å²) in [7, 11) is 0. The number of fused-ring (bicyclic) bond motifs is 1. The van der Waals surface area contributed by atoms with Crippen LogP contribution in [0.15, 0.2) is 0 Å². The summed E-state index contributed by atoms with van der Waals surface area (Å²) in [6, 6.07) is 0. The van der Waals surface area contributed by atoms with Crippen LogP contribution in [0.2, 0.25) is 0 Å². The third kappa shape index (κ3) is 2.07. The first-order valence-electron chi connectivity index (χ1n) is 6.28. The van der Waals surface area contributed by atoms with Gasteiger partial charge in [0.2, 0.25) is 0 Å². The molecule has 0 bridgehead atoms. The van der Waals surface area contributed by atoms with E-state index in [1.54, 1.807) is 13.8 Å². The van der Waals surface area contributed by atoms with E-state index in [1.807, 2.05) is 13.8 Å². The van der Waals surface area contributed by atoms with Gasteiger partial charge in [-0.15, -0.1) is 0 Å². The lowest BCUT2D eigenvalue weighted by atomic mass is 10.1. The predicted molar refractivity (Wildman–Crippen MR) is 59.6 cm³/mol. The summed E-state index contributed by atoms with van der Waals surface area (Å²) in [4.78, 5) is 0. The van der Waals surface area contributed by atoms with Crippen molar-refractivity contribution in [2.45, 2.75) is 70.0 Å². The Morgan fingerprint density at radius 1 is 0.944 bits per heavy atom. The van der Waals surface area contributed by atoms with E-state index in [0.717, 1.165) is 0 Å². The van der Waals surface area contributed by atoms with Crippen molar-refractivity contribution in [2.75, 3.05) is 6.61 Å². The normalized spacial score (nSPS) is 49.5. The molecule has 0 spiro atoms. The summed E-state index contributed by atoms with van der Waals surface area (Å²) in [6.07, 6.45) is -2.53. The second-order valence-electron chi connectivity index (χ2n) is 5.93. The maximum absolute atomic E-state index is 10.3. The Morgan fingerprint density at radius 2 is 1.67 bits per heavy atom. The molecular weight excluding hydrogens is 240 g/mol. The van der Waals surface area contributed by atoms with Crippen LogP contribution in [0.3, 0.4) is 0 Å². The second-order valence-corrected chi connectivity index (χ2v) is 5.93. The molecule has 3 saturated heterocycles. The molecule has 3 aliphatic heterocycles. The van der Waals surface area contributed by atoms with Crippen LogP contribution < -0.4 is 0 Å². The van der Waals surface area contributed by atoms with E-state index < -0.39 is 36.2 Å². The van der Waals surface area contributed by atoms with Crippen molar-refractivity contribution < 1.29 is 28.8 Å². The molecule has 3 aliphatic rings. The number of rotatable bonds is 1. The zero-order chi connectivity index (χ0) is 13.1. The molecule has 6 nitrogen and oxygen atoms in total. The monoisotopic (exact) mass is 260 g/mol. The Balaban J connectivity index is 1.68. The molecule has 0 aromatic rings. The average molecular weight is 260 g/mol. The fourth-order valence-electron chi connectivity index (χ4n) is 2.70. The van der Waals surface area contributed by atoms with Crippen molar-refractivity contribution in [3.8, 4) is 0 Å². The van der Waals surface area contributed by atoms with E-state index in [2.05, 4.69) is 0 Å². The molecule has 0 radical (unpaired) electrons. The van der Waals surface area contributed by atoms with Gasteiger partial charge in [0.25, 0.3) is 0 Å². The van der Waals surface area contributed by atoms with Gasteiger partial charge in [-0.25, -0.2) is 0 Å². The highest BCUT2D eigenvalue weighted by Crippen LogP contribution is 2.40. The quantitative estimate of drug-likeness (QED) is 0.735. The van der Waals surface area contributed by atoms with Crippen molar-refractivity contribution >= 4 is 0 Å². The van der Waals surface area contributed by atoms with Gasteiger partial charge in [-0.1, -0.05) is 0 Å². The van der Waals surface area contributed by atoms with Crippen molar-refractivity contribution in [2.24, 2.45) is 0 Å². The largest absolute Gasteiger partial charge is 0.387 e. The Bertz CT molecular complexity index is 341. The predicted octanol–water partition coefficient (Wildman–Crippen LogP) is 0.375. The molecule has 3 rings (SSSR count). The van der Waals surface area contributed by atoms with Crippen LogP contribution in [0, 0.1) is 0 Å².